The molecule has 3 heterocycles. The number of benzene rings is 2. The molecule has 4 N–H and O–H groups in total. The fourth-order valence-electron chi connectivity index (χ4n) is 6.73. The van der Waals surface area contributed by atoms with Gasteiger partial charge in [0.2, 0.25) is 11.8 Å². The second kappa shape index (κ2) is 13.0. The van der Waals surface area contributed by atoms with E-state index in [1.54, 1.807) is 0 Å². The van der Waals surface area contributed by atoms with Crippen LogP contribution in [0.15, 0.2) is 76.9 Å². The highest BCUT2D eigenvalue weighted by atomic mass is 16.2. The summed E-state index contributed by atoms with van der Waals surface area (Å²) in [4.78, 5) is 44.1. The topological polar surface area (TPSA) is 118 Å². The second-order valence-corrected chi connectivity index (χ2v) is 12.1. The molecular weight excluding hydrogens is 554 g/mol. The number of allylic oxidation sites excluding steroid dienone is 2. The minimum absolute atomic E-state index is 0.0314. The number of anilines is 3. The van der Waals surface area contributed by atoms with E-state index in [1.165, 1.54) is 5.57 Å². The zero-order valence-corrected chi connectivity index (χ0v) is 25.4. The molecule has 4 amide bonds. The van der Waals surface area contributed by atoms with Gasteiger partial charge in [0.05, 0.1) is 23.3 Å². The van der Waals surface area contributed by atoms with E-state index in [0.29, 0.717) is 44.6 Å². The van der Waals surface area contributed by atoms with Crippen LogP contribution in [0.2, 0.25) is 0 Å². The third-order valence-electron chi connectivity index (χ3n) is 9.10. The fraction of sp³-hybridized carbons (Fsp3) is 0.412. The standard InChI is InChI=1S/C34H41N7O3/c1-3-35-29-10-6-7-11-30(29)37-33(43)25(17-23-16-22(2)32-26(18-23)20-36-39-32)19-31(42)40-14-12-27(13-15-40)41-21-24-8-4-5-9-28(24)38-34(41)44/h4-11,16,18,20,25-27,32,35,39H,3,12-15,17,19,21H2,1-2H3,(H,37,43)(H,38,44). The molecule has 0 aromatic heterocycles. The lowest BCUT2D eigenvalue weighted by Gasteiger charge is -2.40. The Balaban J connectivity index is 1.13. The van der Waals surface area contributed by atoms with Crippen molar-refractivity contribution in [3.8, 4) is 0 Å². The molecule has 0 bridgehead atoms. The fourth-order valence-corrected chi connectivity index (χ4v) is 6.73. The molecule has 44 heavy (non-hydrogen) atoms. The van der Waals surface area contributed by atoms with Gasteiger partial charge in [0.15, 0.2) is 0 Å². The van der Waals surface area contributed by atoms with Gasteiger partial charge in [0.25, 0.3) is 0 Å². The summed E-state index contributed by atoms with van der Waals surface area (Å²) in [6.07, 6.45) is 8.16. The number of likely N-dealkylation sites (tertiary alicyclic amines) is 1. The minimum atomic E-state index is -0.544. The number of urea groups is 1. The molecule has 1 saturated heterocycles. The van der Waals surface area contributed by atoms with Crippen LogP contribution in [0.5, 0.6) is 0 Å². The number of nitrogens with one attached hydrogen (secondary N) is 4. The number of fused-ring (bicyclic) bond motifs is 2. The average molecular weight is 596 g/mol. The van der Waals surface area contributed by atoms with Crippen LogP contribution in [0.1, 0.15) is 45.1 Å². The van der Waals surface area contributed by atoms with Crippen LogP contribution in [0, 0.1) is 11.8 Å². The average Bonchev–Trinajstić information content (AvgIpc) is 3.51. The van der Waals surface area contributed by atoms with E-state index in [4.69, 9.17) is 0 Å². The molecule has 0 saturated carbocycles. The van der Waals surface area contributed by atoms with Gasteiger partial charge in [0.1, 0.15) is 0 Å². The highest BCUT2D eigenvalue weighted by Gasteiger charge is 2.35. The van der Waals surface area contributed by atoms with Crippen molar-refractivity contribution in [2.75, 3.05) is 35.6 Å². The summed E-state index contributed by atoms with van der Waals surface area (Å²) in [5, 5.41) is 13.6. The van der Waals surface area contributed by atoms with Crippen molar-refractivity contribution in [2.24, 2.45) is 16.9 Å². The lowest BCUT2D eigenvalue weighted by atomic mass is 9.83. The Morgan fingerprint density at radius 3 is 2.61 bits per heavy atom. The lowest BCUT2D eigenvalue weighted by Crippen LogP contribution is -2.51. The molecule has 3 aliphatic heterocycles. The van der Waals surface area contributed by atoms with Crippen molar-refractivity contribution in [3.63, 3.8) is 0 Å². The zero-order chi connectivity index (χ0) is 30.6. The number of carbonyl (C=O) groups is 3. The van der Waals surface area contributed by atoms with Crippen LogP contribution >= 0.6 is 0 Å². The predicted octanol–water partition coefficient (Wildman–Crippen LogP) is 4.95. The lowest BCUT2D eigenvalue weighted by molar-refractivity contribution is -0.136. The van der Waals surface area contributed by atoms with Crippen LogP contribution in [0.3, 0.4) is 0 Å². The van der Waals surface area contributed by atoms with Gasteiger partial charge in [-0.3, -0.25) is 9.59 Å². The van der Waals surface area contributed by atoms with Crippen molar-refractivity contribution >= 4 is 41.1 Å². The Morgan fingerprint density at radius 1 is 1.07 bits per heavy atom. The van der Waals surface area contributed by atoms with Gasteiger partial charge in [-0.05, 0) is 62.4 Å². The molecule has 10 heteroatoms. The minimum Gasteiger partial charge on any atom is -0.384 e. The number of hydrazone groups is 1. The SMILES string of the molecule is CCNc1ccccc1NC(=O)C(CC(=O)N1CCC(N2Cc3ccccc3NC2=O)CC1)CC1=CC2C=NNC2C(C)=C1. The van der Waals surface area contributed by atoms with E-state index in [2.05, 4.69) is 45.6 Å². The van der Waals surface area contributed by atoms with Gasteiger partial charge in [-0.25, -0.2) is 4.79 Å². The molecule has 4 aliphatic rings. The molecule has 0 spiro atoms. The van der Waals surface area contributed by atoms with Crippen LogP contribution in [0.25, 0.3) is 0 Å². The Kier molecular flexibility index (Phi) is 8.67. The first-order valence-electron chi connectivity index (χ1n) is 15.6. The molecule has 3 atom stereocenters. The maximum absolute atomic E-state index is 13.8. The Bertz CT molecular complexity index is 1510. The Labute approximate surface area is 258 Å². The van der Waals surface area contributed by atoms with Crippen molar-refractivity contribution in [2.45, 2.75) is 58.2 Å². The number of para-hydroxylation sites is 3. The quantitative estimate of drug-likeness (QED) is 0.327. The third-order valence-corrected chi connectivity index (χ3v) is 9.10. The van der Waals surface area contributed by atoms with E-state index >= 15 is 0 Å². The first-order chi connectivity index (χ1) is 21.4. The first kappa shape index (κ1) is 29.5. The highest BCUT2D eigenvalue weighted by molar-refractivity contribution is 5.98. The number of carbonyl (C=O) groups excluding carboxylic acids is 3. The normalized spacial score (nSPS) is 21.7. The number of piperidine rings is 1. The van der Waals surface area contributed by atoms with Gasteiger partial charge in [0, 0.05) is 56.5 Å². The van der Waals surface area contributed by atoms with Crippen molar-refractivity contribution in [1.29, 1.82) is 0 Å². The molecule has 2 aromatic carbocycles. The van der Waals surface area contributed by atoms with Gasteiger partial charge < -0.3 is 31.2 Å². The second-order valence-electron chi connectivity index (χ2n) is 12.1. The molecule has 3 unspecified atom stereocenters. The molecule has 1 fully saturated rings. The van der Waals surface area contributed by atoms with E-state index in [-0.39, 0.29) is 42.3 Å². The number of hydrogen-bond acceptors (Lipinski definition) is 6. The summed E-state index contributed by atoms with van der Waals surface area (Å²) in [6, 6.07) is 15.6. The van der Waals surface area contributed by atoms with Gasteiger partial charge in [-0.2, -0.15) is 5.10 Å². The number of nitrogens with zero attached hydrogens (tertiary/aromatic N) is 3. The van der Waals surface area contributed by atoms with Crippen LogP contribution in [-0.4, -0.2) is 65.6 Å². The van der Waals surface area contributed by atoms with E-state index in [1.807, 2.05) is 71.5 Å². The summed E-state index contributed by atoms with van der Waals surface area (Å²) in [7, 11) is 0. The number of rotatable bonds is 9. The summed E-state index contributed by atoms with van der Waals surface area (Å²) < 4.78 is 0. The number of amides is 4. The molecular formula is C34H41N7O3. The largest absolute Gasteiger partial charge is 0.384 e. The van der Waals surface area contributed by atoms with Crippen molar-refractivity contribution < 1.29 is 14.4 Å². The Morgan fingerprint density at radius 2 is 1.82 bits per heavy atom. The molecule has 1 aliphatic carbocycles. The monoisotopic (exact) mass is 595 g/mol. The molecule has 230 valence electrons. The van der Waals surface area contributed by atoms with Crippen LogP contribution < -0.4 is 21.4 Å². The Hall–Kier alpha value is -4.60. The van der Waals surface area contributed by atoms with Crippen molar-refractivity contribution in [1.82, 2.24) is 15.2 Å². The zero-order valence-electron chi connectivity index (χ0n) is 25.4. The molecule has 10 nitrogen and oxygen atoms in total. The number of hydrogen-bond donors (Lipinski definition) is 4. The van der Waals surface area contributed by atoms with E-state index in [0.717, 1.165) is 29.1 Å². The first-order valence-corrected chi connectivity index (χ1v) is 15.6. The van der Waals surface area contributed by atoms with Gasteiger partial charge >= 0.3 is 6.03 Å². The predicted molar refractivity (Wildman–Crippen MR) is 173 cm³/mol. The van der Waals surface area contributed by atoms with Crippen LogP contribution in [0.4, 0.5) is 21.9 Å². The van der Waals surface area contributed by atoms with E-state index < -0.39 is 5.92 Å². The maximum Gasteiger partial charge on any atom is 0.322 e. The maximum atomic E-state index is 13.8. The third kappa shape index (κ3) is 6.34. The summed E-state index contributed by atoms with van der Waals surface area (Å²) in [6.45, 7) is 6.50. The molecule has 2 aromatic rings. The molecule has 0 radical (unpaired) electrons. The smallest absolute Gasteiger partial charge is 0.322 e. The summed E-state index contributed by atoms with van der Waals surface area (Å²) >= 11 is 0. The van der Waals surface area contributed by atoms with Gasteiger partial charge in [-0.1, -0.05) is 48.1 Å². The summed E-state index contributed by atoms with van der Waals surface area (Å²) in [5.41, 5.74) is 8.88. The van der Waals surface area contributed by atoms with Crippen LogP contribution in [-0.2, 0) is 16.1 Å². The highest BCUT2D eigenvalue weighted by Crippen LogP contribution is 2.32. The summed E-state index contributed by atoms with van der Waals surface area (Å²) in [5.74, 6) is -0.607. The van der Waals surface area contributed by atoms with E-state index in [9.17, 15) is 14.4 Å². The van der Waals surface area contributed by atoms with Gasteiger partial charge in [-0.15, -0.1) is 0 Å². The van der Waals surface area contributed by atoms with Crippen molar-refractivity contribution in [3.05, 3.63) is 77.4 Å². The molecule has 6 rings (SSSR count).